The van der Waals surface area contributed by atoms with E-state index in [2.05, 4.69) is 0 Å². The number of hydrazine groups is 1. The molecule has 0 unspecified atom stereocenters. The molecule has 0 atom stereocenters. The second kappa shape index (κ2) is 3.98. The van der Waals surface area contributed by atoms with Crippen molar-refractivity contribution >= 4 is 23.1 Å². The first-order valence-electron chi connectivity index (χ1n) is 5.85. The van der Waals surface area contributed by atoms with Gasteiger partial charge in [0.25, 0.3) is 5.69 Å². The number of nitro benzene ring substituents is 1. The molecule has 3 rings (SSSR count). The van der Waals surface area contributed by atoms with Gasteiger partial charge in [0.15, 0.2) is 0 Å². The van der Waals surface area contributed by atoms with E-state index in [1.54, 1.807) is 18.1 Å². The Labute approximate surface area is 109 Å². The van der Waals surface area contributed by atoms with E-state index in [-0.39, 0.29) is 11.7 Å². The third kappa shape index (κ3) is 1.62. The second-order valence-electron chi connectivity index (χ2n) is 4.41. The standard InChI is InChI=1S/C12H12N4O3/c1-13-11-8-9(16(18)19)4-5-10(11)14-6-2-3-7-15(14)12(13)17/h2-5,8H,6-7H2,1H3. The van der Waals surface area contributed by atoms with Gasteiger partial charge in [0.2, 0.25) is 0 Å². The summed E-state index contributed by atoms with van der Waals surface area (Å²) in [4.78, 5) is 24.0. The van der Waals surface area contributed by atoms with Gasteiger partial charge in [-0.05, 0) is 6.07 Å². The monoisotopic (exact) mass is 260 g/mol. The van der Waals surface area contributed by atoms with Gasteiger partial charge in [0.05, 0.1) is 29.4 Å². The number of carbonyl (C=O) groups is 1. The van der Waals surface area contributed by atoms with Gasteiger partial charge in [-0.2, -0.15) is 0 Å². The largest absolute Gasteiger partial charge is 0.343 e. The molecule has 0 saturated carbocycles. The fourth-order valence-electron chi connectivity index (χ4n) is 2.34. The molecule has 2 aliphatic rings. The lowest BCUT2D eigenvalue weighted by Gasteiger charge is -2.44. The van der Waals surface area contributed by atoms with E-state index in [9.17, 15) is 14.9 Å². The van der Waals surface area contributed by atoms with Crippen molar-refractivity contribution in [2.45, 2.75) is 0 Å². The Kier molecular flexibility index (Phi) is 2.41. The minimum atomic E-state index is -0.457. The topological polar surface area (TPSA) is 69.9 Å². The third-order valence-electron chi connectivity index (χ3n) is 3.33. The number of fused-ring (bicyclic) bond motifs is 3. The summed E-state index contributed by atoms with van der Waals surface area (Å²) in [5.74, 6) is 0. The maximum Gasteiger partial charge on any atom is 0.343 e. The summed E-state index contributed by atoms with van der Waals surface area (Å²) in [6.07, 6.45) is 3.90. The smallest absolute Gasteiger partial charge is 0.294 e. The molecule has 19 heavy (non-hydrogen) atoms. The molecule has 0 spiro atoms. The van der Waals surface area contributed by atoms with Gasteiger partial charge in [-0.3, -0.25) is 20.0 Å². The number of anilines is 2. The van der Waals surface area contributed by atoms with E-state index in [0.717, 1.165) is 5.69 Å². The van der Waals surface area contributed by atoms with E-state index >= 15 is 0 Å². The number of carbonyl (C=O) groups excluding carboxylic acids is 1. The summed E-state index contributed by atoms with van der Waals surface area (Å²) in [5.41, 5.74) is 1.35. The van der Waals surface area contributed by atoms with E-state index in [4.69, 9.17) is 0 Å². The van der Waals surface area contributed by atoms with Crippen LogP contribution in [0.25, 0.3) is 0 Å². The summed E-state index contributed by atoms with van der Waals surface area (Å²) in [7, 11) is 1.63. The van der Waals surface area contributed by atoms with Crippen LogP contribution in [-0.2, 0) is 0 Å². The number of nitro groups is 1. The zero-order valence-electron chi connectivity index (χ0n) is 10.3. The summed E-state index contributed by atoms with van der Waals surface area (Å²) >= 11 is 0. The quantitative estimate of drug-likeness (QED) is 0.438. The molecule has 2 aliphatic heterocycles. The van der Waals surface area contributed by atoms with Gasteiger partial charge >= 0.3 is 6.03 Å². The van der Waals surface area contributed by atoms with Crippen LogP contribution in [0.4, 0.5) is 21.9 Å². The number of amides is 2. The molecule has 0 saturated heterocycles. The Hall–Kier alpha value is -2.57. The predicted molar refractivity (Wildman–Crippen MR) is 70.1 cm³/mol. The van der Waals surface area contributed by atoms with Crippen LogP contribution < -0.4 is 9.91 Å². The van der Waals surface area contributed by atoms with Gasteiger partial charge in [-0.1, -0.05) is 12.2 Å². The van der Waals surface area contributed by atoms with Crippen molar-refractivity contribution in [2.75, 3.05) is 30.0 Å². The highest BCUT2D eigenvalue weighted by molar-refractivity contribution is 6.00. The van der Waals surface area contributed by atoms with Crippen LogP contribution in [0.15, 0.2) is 30.4 Å². The minimum Gasteiger partial charge on any atom is -0.294 e. The van der Waals surface area contributed by atoms with Crippen molar-refractivity contribution in [3.63, 3.8) is 0 Å². The SMILES string of the molecule is CN1C(=O)N2CC=CCN2c2ccc([N+](=O)[O-])cc21. The number of non-ortho nitro benzene ring substituents is 1. The zero-order chi connectivity index (χ0) is 13.6. The van der Waals surface area contributed by atoms with Gasteiger partial charge in [0.1, 0.15) is 0 Å². The van der Waals surface area contributed by atoms with Crippen molar-refractivity contribution in [3.05, 3.63) is 40.5 Å². The lowest BCUT2D eigenvalue weighted by molar-refractivity contribution is -0.384. The fraction of sp³-hybridized carbons (Fsp3) is 0.250. The van der Waals surface area contributed by atoms with E-state index in [0.29, 0.717) is 18.8 Å². The van der Waals surface area contributed by atoms with Crippen molar-refractivity contribution in [1.29, 1.82) is 0 Å². The number of hydrogen-bond donors (Lipinski definition) is 0. The Morgan fingerprint density at radius 2 is 1.84 bits per heavy atom. The second-order valence-corrected chi connectivity index (χ2v) is 4.41. The van der Waals surface area contributed by atoms with Crippen LogP contribution in [-0.4, -0.2) is 36.1 Å². The number of nitrogens with zero attached hydrogens (tertiary/aromatic N) is 4. The molecule has 2 heterocycles. The normalized spacial score (nSPS) is 17.3. The number of rotatable bonds is 1. The highest BCUT2D eigenvalue weighted by Gasteiger charge is 2.34. The van der Waals surface area contributed by atoms with E-state index < -0.39 is 4.92 Å². The van der Waals surface area contributed by atoms with Crippen molar-refractivity contribution < 1.29 is 9.72 Å². The first kappa shape index (κ1) is 11.5. The van der Waals surface area contributed by atoms with Crippen LogP contribution in [0.1, 0.15) is 0 Å². The number of urea groups is 1. The molecule has 0 radical (unpaired) electrons. The maximum absolute atomic E-state index is 12.2. The molecule has 1 aromatic carbocycles. The molecule has 7 heteroatoms. The van der Waals surface area contributed by atoms with Gasteiger partial charge in [-0.15, -0.1) is 0 Å². The first-order chi connectivity index (χ1) is 9.09. The van der Waals surface area contributed by atoms with Crippen LogP contribution in [0.3, 0.4) is 0 Å². The Balaban J connectivity index is 2.13. The highest BCUT2D eigenvalue weighted by atomic mass is 16.6. The molecule has 2 amide bonds. The van der Waals surface area contributed by atoms with E-state index in [1.165, 1.54) is 17.0 Å². The zero-order valence-corrected chi connectivity index (χ0v) is 10.3. The van der Waals surface area contributed by atoms with Crippen molar-refractivity contribution in [2.24, 2.45) is 0 Å². The summed E-state index contributed by atoms with van der Waals surface area (Å²) in [6.45, 7) is 1.10. The predicted octanol–water partition coefficient (Wildman–Crippen LogP) is 1.76. The molecule has 0 bridgehead atoms. The molecular weight excluding hydrogens is 248 g/mol. The first-order valence-corrected chi connectivity index (χ1v) is 5.85. The lowest BCUT2D eigenvalue weighted by atomic mass is 10.2. The fourth-order valence-corrected chi connectivity index (χ4v) is 2.34. The molecule has 0 aliphatic carbocycles. The minimum absolute atomic E-state index is 0.0144. The summed E-state index contributed by atoms with van der Waals surface area (Å²) in [5, 5.41) is 14.3. The van der Waals surface area contributed by atoms with Crippen molar-refractivity contribution in [3.8, 4) is 0 Å². The van der Waals surface area contributed by atoms with Crippen molar-refractivity contribution in [1.82, 2.24) is 5.01 Å². The Morgan fingerprint density at radius 1 is 1.16 bits per heavy atom. The van der Waals surface area contributed by atoms with Gasteiger partial charge in [-0.25, -0.2) is 9.80 Å². The molecule has 0 fully saturated rings. The summed E-state index contributed by atoms with van der Waals surface area (Å²) in [6, 6.07) is 4.39. The molecule has 98 valence electrons. The van der Waals surface area contributed by atoms with Gasteiger partial charge < -0.3 is 0 Å². The Morgan fingerprint density at radius 3 is 2.53 bits per heavy atom. The molecule has 0 aromatic heterocycles. The maximum atomic E-state index is 12.2. The lowest BCUT2D eigenvalue weighted by Crippen LogP contribution is -2.57. The van der Waals surface area contributed by atoms with Crippen LogP contribution in [0.2, 0.25) is 0 Å². The third-order valence-corrected chi connectivity index (χ3v) is 3.33. The molecule has 0 N–H and O–H groups in total. The number of benzene rings is 1. The summed E-state index contributed by atoms with van der Waals surface area (Å²) < 4.78 is 0. The van der Waals surface area contributed by atoms with Crippen LogP contribution in [0, 0.1) is 10.1 Å². The van der Waals surface area contributed by atoms with Gasteiger partial charge in [0, 0.05) is 19.2 Å². The number of hydrogen-bond acceptors (Lipinski definition) is 4. The van der Waals surface area contributed by atoms with E-state index in [1.807, 2.05) is 17.2 Å². The molecule has 1 aromatic rings. The average molecular weight is 260 g/mol. The van der Waals surface area contributed by atoms with Crippen LogP contribution >= 0.6 is 0 Å². The average Bonchev–Trinajstić information content (AvgIpc) is 2.44. The molecule has 7 nitrogen and oxygen atoms in total. The Bertz CT molecular complexity index is 599. The van der Waals surface area contributed by atoms with Crippen LogP contribution in [0.5, 0.6) is 0 Å². The highest BCUT2D eigenvalue weighted by Crippen LogP contribution is 2.38. The molecular formula is C12H12N4O3.